The van der Waals surface area contributed by atoms with E-state index in [1.54, 1.807) is 18.2 Å². The predicted molar refractivity (Wildman–Crippen MR) is 106 cm³/mol. The number of rotatable bonds is 7. The number of aryl methyl sites for hydroxylation is 1. The first-order valence-electron chi connectivity index (χ1n) is 9.06. The molecule has 2 heterocycles. The number of morpholine rings is 1. The number of anilines is 1. The van der Waals surface area contributed by atoms with Crippen molar-refractivity contribution in [3.05, 3.63) is 53.5 Å². The lowest BCUT2D eigenvalue weighted by atomic mass is 10.1. The van der Waals surface area contributed by atoms with E-state index in [0.29, 0.717) is 31.0 Å². The molecule has 1 amide bonds. The first kappa shape index (κ1) is 20.4. The second-order valence-electron chi connectivity index (χ2n) is 6.78. The van der Waals surface area contributed by atoms with E-state index in [2.05, 4.69) is 14.9 Å². The summed E-state index contributed by atoms with van der Waals surface area (Å²) >= 11 is 0. The predicted octanol–water partition coefficient (Wildman–Crippen LogP) is 1.76. The van der Waals surface area contributed by atoms with Crippen LogP contribution in [0.2, 0.25) is 0 Å². The molecule has 1 saturated heterocycles. The number of carbonyl (C=O) groups is 1. The second kappa shape index (κ2) is 8.76. The van der Waals surface area contributed by atoms with Gasteiger partial charge in [-0.05, 0) is 37.3 Å². The number of amides is 1. The molecular formula is C19H25N3O5S. The molecule has 0 radical (unpaired) electrons. The van der Waals surface area contributed by atoms with Gasteiger partial charge in [-0.2, -0.15) is 0 Å². The summed E-state index contributed by atoms with van der Waals surface area (Å²) in [5.41, 5.74) is 0.728. The average molecular weight is 407 g/mol. The third-order valence-electron chi connectivity index (χ3n) is 4.46. The smallest absolute Gasteiger partial charge is 0.251 e. The number of ether oxygens (including phenoxy) is 1. The number of hydrogen-bond donors (Lipinski definition) is 2. The van der Waals surface area contributed by atoms with Gasteiger partial charge in [0.15, 0.2) is 0 Å². The van der Waals surface area contributed by atoms with Gasteiger partial charge < -0.3 is 14.5 Å². The Balaban J connectivity index is 1.70. The topological polar surface area (TPSA) is 101 Å². The zero-order chi connectivity index (χ0) is 20.1. The molecule has 8 nitrogen and oxygen atoms in total. The van der Waals surface area contributed by atoms with E-state index in [1.165, 1.54) is 6.07 Å². The van der Waals surface area contributed by atoms with Crippen molar-refractivity contribution in [3.63, 3.8) is 0 Å². The van der Waals surface area contributed by atoms with Gasteiger partial charge in [-0.3, -0.25) is 14.4 Å². The van der Waals surface area contributed by atoms with E-state index in [4.69, 9.17) is 9.15 Å². The fourth-order valence-electron chi connectivity index (χ4n) is 3.16. The second-order valence-corrected chi connectivity index (χ2v) is 8.53. The van der Waals surface area contributed by atoms with E-state index in [0.717, 1.165) is 30.9 Å². The van der Waals surface area contributed by atoms with Crippen molar-refractivity contribution in [1.29, 1.82) is 0 Å². The summed E-state index contributed by atoms with van der Waals surface area (Å²) in [5.74, 6) is 1.34. The van der Waals surface area contributed by atoms with Crippen LogP contribution in [-0.4, -0.2) is 58.3 Å². The fraction of sp³-hybridized carbons (Fsp3) is 0.421. The molecule has 2 aromatic rings. The van der Waals surface area contributed by atoms with Crippen molar-refractivity contribution in [2.75, 3.05) is 43.8 Å². The standard InChI is InChI=1S/C19H25N3O5S/c1-14-6-7-18(27-14)17(22-8-10-26-11-9-22)13-20-19(23)15-4-3-5-16(12-15)21-28(2,24)25/h3-7,12,17,21H,8-11,13H2,1-2H3,(H,20,23). The first-order valence-corrected chi connectivity index (χ1v) is 11.0. The van der Waals surface area contributed by atoms with Gasteiger partial charge in [0.25, 0.3) is 5.91 Å². The largest absolute Gasteiger partial charge is 0.465 e. The normalized spacial score (nSPS) is 16.5. The van der Waals surface area contributed by atoms with Crippen LogP contribution in [0.25, 0.3) is 0 Å². The van der Waals surface area contributed by atoms with Crippen molar-refractivity contribution in [3.8, 4) is 0 Å². The molecule has 1 fully saturated rings. The minimum atomic E-state index is -3.41. The van der Waals surface area contributed by atoms with Gasteiger partial charge in [-0.15, -0.1) is 0 Å². The molecule has 152 valence electrons. The van der Waals surface area contributed by atoms with Gasteiger partial charge >= 0.3 is 0 Å². The van der Waals surface area contributed by atoms with Crippen LogP contribution in [0, 0.1) is 6.92 Å². The number of hydrogen-bond acceptors (Lipinski definition) is 6. The monoisotopic (exact) mass is 407 g/mol. The van der Waals surface area contributed by atoms with Gasteiger partial charge in [0.1, 0.15) is 11.5 Å². The SMILES string of the molecule is Cc1ccc(C(CNC(=O)c2cccc(NS(C)(=O)=O)c2)N2CCOCC2)o1. The van der Waals surface area contributed by atoms with Crippen LogP contribution in [0.4, 0.5) is 5.69 Å². The summed E-state index contributed by atoms with van der Waals surface area (Å²) in [6.07, 6.45) is 1.07. The van der Waals surface area contributed by atoms with Crippen LogP contribution in [-0.2, 0) is 14.8 Å². The van der Waals surface area contributed by atoms with Crippen molar-refractivity contribution in [2.24, 2.45) is 0 Å². The lowest BCUT2D eigenvalue weighted by molar-refractivity contribution is 0.0117. The number of benzene rings is 1. The summed E-state index contributed by atoms with van der Waals surface area (Å²) in [4.78, 5) is 14.8. The lowest BCUT2D eigenvalue weighted by Crippen LogP contribution is -2.43. The minimum Gasteiger partial charge on any atom is -0.465 e. The Morgan fingerprint density at radius 3 is 2.61 bits per heavy atom. The minimum absolute atomic E-state index is 0.0983. The van der Waals surface area contributed by atoms with Crippen LogP contribution in [0.15, 0.2) is 40.8 Å². The Hall–Kier alpha value is -2.36. The quantitative estimate of drug-likeness (QED) is 0.725. The van der Waals surface area contributed by atoms with Crippen molar-refractivity contribution < 1.29 is 22.4 Å². The number of sulfonamides is 1. The van der Waals surface area contributed by atoms with E-state index >= 15 is 0 Å². The van der Waals surface area contributed by atoms with Crippen molar-refractivity contribution in [1.82, 2.24) is 10.2 Å². The third kappa shape index (κ3) is 5.57. The first-order chi connectivity index (χ1) is 13.3. The van der Waals surface area contributed by atoms with Crippen LogP contribution in [0.5, 0.6) is 0 Å². The molecule has 0 spiro atoms. The van der Waals surface area contributed by atoms with Gasteiger partial charge in [0.05, 0.1) is 25.5 Å². The van der Waals surface area contributed by atoms with Gasteiger partial charge in [-0.25, -0.2) is 8.42 Å². The van der Waals surface area contributed by atoms with Crippen molar-refractivity contribution >= 4 is 21.6 Å². The maximum absolute atomic E-state index is 12.6. The molecule has 1 atom stereocenters. The number of nitrogens with one attached hydrogen (secondary N) is 2. The molecule has 1 aromatic carbocycles. The highest BCUT2D eigenvalue weighted by atomic mass is 32.2. The molecule has 0 aliphatic carbocycles. The van der Waals surface area contributed by atoms with Gasteiger partial charge in [-0.1, -0.05) is 6.07 Å². The zero-order valence-corrected chi connectivity index (χ0v) is 16.8. The maximum Gasteiger partial charge on any atom is 0.251 e. The number of nitrogens with zero attached hydrogens (tertiary/aromatic N) is 1. The Morgan fingerprint density at radius 2 is 1.96 bits per heavy atom. The molecule has 1 unspecified atom stereocenters. The molecule has 9 heteroatoms. The fourth-order valence-corrected chi connectivity index (χ4v) is 3.72. The van der Waals surface area contributed by atoms with Crippen LogP contribution in [0.3, 0.4) is 0 Å². The van der Waals surface area contributed by atoms with Crippen molar-refractivity contribution in [2.45, 2.75) is 13.0 Å². The summed E-state index contributed by atoms with van der Waals surface area (Å²) in [7, 11) is -3.41. The lowest BCUT2D eigenvalue weighted by Gasteiger charge is -2.33. The highest BCUT2D eigenvalue weighted by molar-refractivity contribution is 7.92. The molecule has 3 rings (SSSR count). The van der Waals surface area contributed by atoms with Crippen LogP contribution in [0.1, 0.15) is 27.9 Å². The summed E-state index contributed by atoms with van der Waals surface area (Å²) in [6.45, 7) is 5.06. The van der Waals surface area contributed by atoms with E-state index in [-0.39, 0.29) is 11.9 Å². The molecule has 0 bridgehead atoms. The van der Waals surface area contributed by atoms with Crippen LogP contribution >= 0.6 is 0 Å². The Bertz CT molecular complexity index is 919. The van der Waals surface area contributed by atoms with Gasteiger partial charge in [0.2, 0.25) is 10.0 Å². The number of furan rings is 1. The molecule has 28 heavy (non-hydrogen) atoms. The Kier molecular flexibility index (Phi) is 6.38. The molecule has 1 aliphatic rings. The summed E-state index contributed by atoms with van der Waals surface area (Å²) < 4.78 is 36.4. The molecular weight excluding hydrogens is 382 g/mol. The van der Waals surface area contributed by atoms with E-state index in [1.807, 2.05) is 19.1 Å². The summed E-state index contributed by atoms with van der Waals surface area (Å²) in [5, 5.41) is 2.94. The van der Waals surface area contributed by atoms with E-state index < -0.39 is 10.0 Å². The molecule has 0 saturated carbocycles. The average Bonchev–Trinajstić information content (AvgIpc) is 3.07. The van der Waals surface area contributed by atoms with E-state index in [9.17, 15) is 13.2 Å². The molecule has 2 N–H and O–H groups in total. The highest BCUT2D eigenvalue weighted by Gasteiger charge is 2.26. The summed E-state index contributed by atoms with van der Waals surface area (Å²) in [6, 6.07) is 10.1. The van der Waals surface area contributed by atoms with Crippen LogP contribution < -0.4 is 10.0 Å². The van der Waals surface area contributed by atoms with Gasteiger partial charge in [0, 0.05) is 30.9 Å². The highest BCUT2D eigenvalue weighted by Crippen LogP contribution is 2.23. The third-order valence-corrected chi connectivity index (χ3v) is 5.07. The molecule has 1 aromatic heterocycles. The maximum atomic E-state index is 12.6. The molecule has 1 aliphatic heterocycles. The number of carbonyl (C=O) groups excluding carboxylic acids is 1. The Labute approximate surface area is 164 Å². The Morgan fingerprint density at radius 1 is 1.21 bits per heavy atom. The zero-order valence-electron chi connectivity index (χ0n) is 16.0.